The van der Waals surface area contributed by atoms with E-state index in [1.165, 1.54) is 0 Å². The fourth-order valence-corrected chi connectivity index (χ4v) is 6.78. The number of thiophene rings is 1. The lowest BCUT2D eigenvalue weighted by Crippen LogP contribution is -2.53. The number of likely N-dealkylation sites (tertiary alicyclic amines) is 1. The summed E-state index contributed by atoms with van der Waals surface area (Å²) in [6.07, 6.45) is 3.72. The molecule has 0 N–H and O–H groups in total. The number of piperidine rings is 2. The number of hydrogen-bond donors (Lipinski definition) is 0. The van der Waals surface area contributed by atoms with Crippen LogP contribution in [0.2, 0.25) is 0 Å². The Balaban J connectivity index is 1.32. The third-order valence-electron chi connectivity index (χ3n) is 8.34. The first-order chi connectivity index (χ1) is 18.6. The van der Waals surface area contributed by atoms with Crippen LogP contribution in [0.5, 0.6) is 0 Å². The third-order valence-corrected chi connectivity index (χ3v) is 9.23. The van der Waals surface area contributed by atoms with Gasteiger partial charge in [0.2, 0.25) is 0 Å². The van der Waals surface area contributed by atoms with Gasteiger partial charge in [0.1, 0.15) is 5.82 Å². The number of amides is 1. The molecule has 1 amide bonds. The second-order valence-electron chi connectivity index (χ2n) is 10.6. The van der Waals surface area contributed by atoms with Gasteiger partial charge in [0.05, 0.1) is 28.7 Å². The number of piperazine rings is 1. The number of pyridine rings is 1. The number of rotatable bonds is 7. The molecule has 3 aliphatic heterocycles. The first-order valence-electron chi connectivity index (χ1n) is 14.3. The number of carbonyl (C=O) groups is 2. The largest absolute Gasteiger partial charge is 0.466 e. The Kier molecular flexibility index (Phi) is 8.97. The van der Waals surface area contributed by atoms with Gasteiger partial charge >= 0.3 is 5.97 Å². The van der Waals surface area contributed by atoms with Crippen molar-refractivity contribution >= 4 is 29.0 Å². The fourth-order valence-electron chi connectivity index (χ4n) is 6.09. The Morgan fingerprint density at radius 2 is 1.79 bits per heavy atom. The van der Waals surface area contributed by atoms with Gasteiger partial charge in [-0.2, -0.15) is 0 Å². The zero-order chi connectivity index (χ0) is 26.5. The van der Waals surface area contributed by atoms with Gasteiger partial charge in [-0.05, 0) is 62.7 Å². The summed E-state index contributed by atoms with van der Waals surface area (Å²) in [5.74, 6) is 0.412. The van der Waals surface area contributed by atoms with Crippen molar-refractivity contribution < 1.29 is 14.3 Å². The van der Waals surface area contributed by atoms with E-state index in [0.717, 1.165) is 88.6 Å². The Labute approximate surface area is 230 Å². The van der Waals surface area contributed by atoms with Gasteiger partial charge in [0, 0.05) is 58.4 Å². The molecule has 0 radical (unpaired) electrons. The first kappa shape index (κ1) is 27.1. The van der Waals surface area contributed by atoms with E-state index in [1.807, 2.05) is 35.4 Å². The predicted molar refractivity (Wildman–Crippen MR) is 152 cm³/mol. The van der Waals surface area contributed by atoms with Crippen molar-refractivity contribution in [3.63, 3.8) is 0 Å². The van der Waals surface area contributed by atoms with Gasteiger partial charge in [-0.3, -0.25) is 14.5 Å². The number of likely N-dealkylation sites (N-methyl/N-ethyl adjacent to an activating group) is 1. The molecule has 5 rings (SSSR count). The lowest BCUT2D eigenvalue weighted by Gasteiger charge is -2.42. The summed E-state index contributed by atoms with van der Waals surface area (Å²) in [7, 11) is 0. The van der Waals surface area contributed by atoms with Gasteiger partial charge < -0.3 is 19.4 Å². The number of nitrogens with zero attached hydrogens (tertiary/aromatic N) is 5. The predicted octanol–water partition coefficient (Wildman–Crippen LogP) is 3.83. The molecule has 0 spiro atoms. The van der Waals surface area contributed by atoms with Crippen LogP contribution in [0.4, 0.5) is 5.82 Å². The normalized spacial score (nSPS) is 22.0. The van der Waals surface area contributed by atoms with Crippen LogP contribution in [-0.2, 0) is 9.53 Å². The number of esters is 1. The van der Waals surface area contributed by atoms with Crippen LogP contribution in [0.3, 0.4) is 0 Å². The minimum atomic E-state index is -0.192. The zero-order valence-electron chi connectivity index (χ0n) is 22.8. The Morgan fingerprint density at radius 3 is 2.47 bits per heavy atom. The van der Waals surface area contributed by atoms with Crippen LogP contribution in [0, 0.1) is 5.92 Å². The summed E-state index contributed by atoms with van der Waals surface area (Å²) in [5.41, 5.74) is 1.51. The highest BCUT2D eigenvalue weighted by Crippen LogP contribution is 2.32. The summed E-state index contributed by atoms with van der Waals surface area (Å²) in [5, 5.41) is 2.04. The molecule has 38 heavy (non-hydrogen) atoms. The maximum atomic E-state index is 13.9. The molecule has 0 aliphatic carbocycles. The summed E-state index contributed by atoms with van der Waals surface area (Å²) in [4.78, 5) is 41.8. The Hall–Kier alpha value is -2.49. The van der Waals surface area contributed by atoms with E-state index >= 15 is 0 Å². The highest BCUT2D eigenvalue weighted by atomic mass is 32.1. The van der Waals surface area contributed by atoms with E-state index in [0.29, 0.717) is 30.6 Å². The lowest BCUT2D eigenvalue weighted by molar-refractivity contribution is -0.148. The Morgan fingerprint density at radius 1 is 1.00 bits per heavy atom. The van der Waals surface area contributed by atoms with E-state index in [2.05, 4.69) is 27.7 Å². The van der Waals surface area contributed by atoms with E-state index in [4.69, 9.17) is 9.72 Å². The third kappa shape index (κ3) is 6.05. The van der Waals surface area contributed by atoms with Gasteiger partial charge in [-0.15, -0.1) is 11.3 Å². The molecule has 8 nitrogen and oxygen atoms in total. The molecule has 0 aromatic carbocycles. The standard InChI is InChI=1S/C29H41N5O3S/c1-3-31-16-18-32(19-17-31)23-11-14-33(15-12-23)28(35)24-9-10-25(26-8-6-20-38-26)30-27(24)34-13-5-7-22(21-34)29(36)37-4-2/h6,8-10,20,22-23H,3-5,7,11-19,21H2,1-2H3/t22-/m1/s1. The highest BCUT2D eigenvalue weighted by molar-refractivity contribution is 7.13. The molecule has 3 saturated heterocycles. The van der Waals surface area contributed by atoms with E-state index in [9.17, 15) is 9.59 Å². The molecular formula is C29H41N5O3S. The van der Waals surface area contributed by atoms with Crippen LogP contribution in [0.25, 0.3) is 10.6 Å². The van der Waals surface area contributed by atoms with Crippen molar-refractivity contribution in [3.8, 4) is 10.6 Å². The maximum absolute atomic E-state index is 13.9. The Bertz CT molecular complexity index is 1080. The molecule has 1 atom stereocenters. The van der Waals surface area contributed by atoms with Crippen molar-refractivity contribution in [3.05, 3.63) is 35.2 Å². The van der Waals surface area contributed by atoms with Gasteiger partial charge in [-0.25, -0.2) is 4.98 Å². The average molecular weight is 540 g/mol. The van der Waals surface area contributed by atoms with Gasteiger partial charge in [0.25, 0.3) is 5.91 Å². The van der Waals surface area contributed by atoms with Crippen molar-refractivity contribution in [2.75, 3.05) is 70.4 Å². The monoisotopic (exact) mass is 539 g/mol. The quantitative estimate of drug-likeness (QED) is 0.496. The molecular weight excluding hydrogens is 498 g/mol. The zero-order valence-corrected chi connectivity index (χ0v) is 23.6. The van der Waals surface area contributed by atoms with Crippen molar-refractivity contribution in [1.29, 1.82) is 0 Å². The summed E-state index contributed by atoms with van der Waals surface area (Å²) >= 11 is 1.64. The average Bonchev–Trinajstić information content (AvgIpc) is 3.52. The number of anilines is 1. The fraction of sp³-hybridized carbons (Fsp3) is 0.621. The topological polar surface area (TPSA) is 69.2 Å². The molecule has 0 bridgehead atoms. The minimum absolute atomic E-state index is 0.0535. The van der Waals surface area contributed by atoms with E-state index in [1.54, 1.807) is 11.3 Å². The molecule has 3 fully saturated rings. The number of hydrogen-bond acceptors (Lipinski definition) is 8. The molecule has 206 valence electrons. The molecule has 0 saturated carbocycles. The summed E-state index contributed by atoms with van der Waals surface area (Å²) < 4.78 is 5.33. The summed E-state index contributed by atoms with van der Waals surface area (Å²) in [6.45, 7) is 13.0. The van der Waals surface area contributed by atoms with Crippen molar-refractivity contribution in [1.82, 2.24) is 19.7 Å². The van der Waals surface area contributed by atoms with Crippen LogP contribution >= 0.6 is 11.3 Å². The van der Waals surface area contributed by atoms with Gasteiger partial charge in [-0.1, -0.05) is 13.0 Å². The highest BCUT2D eigenvalue weighted by Gasteiger charge is 2.33. The number of aromatic nitrogens is 1. The molecule has 0 unspecified atom stereocenters. The SMILES string of the molecule is CCOC(=O)[C@@H]1CCCN(c2nc(-c3cccs3)ccc2C(=O)N2CCC(N3CCN(CC)CC3)CC2)C1. The lowest BCUT2D eigenvalue weighted by atomic mass is 9.97. The second kappa shape index (κ2) is 12.6. The smallest absolute Gasteiger partial charge is 0.310 e. The van der Waals surface area contributed by atoms with Crippen LogP contribution in [-0.4, -0.2) is 103 Å². The second-order valence-corrected chi connectivity index (χ2v) is 11.5. The number of ether oxygens (including phenoxy) is 1. The van der Waals surface area contributed by atoms with Crippen molar-refractivity contribution in [2.45, 2.75) is 45.6 Å². The summed E-state index contributed by atoms with van der Waals surface area (Å²) in [6, 6.07) is 8.55. The number of carbonyl (C=O) groups excluding carboxylic acids is 2. The molecule has 2 aromatic heterocycles. The minimum Gasteiger partial charge on any atom is -0.466 e. The van der Waals surface area contributed by atoms with E-state index in [-0.39, 0.29) is 17.8 Å². The molecule has 5 heterocycles. The maximum Gasteiger partial charge on any atom is 0.310 e. The van der Waals surface area contributed by atoms with Crippen molar-refractivity contribution in [2.24, 2.45) is 5.92 Å². The first-order valence-corrected chi connectivity index (χ1v) is 15.2. The van der Waals surface area contributed by atoms with Crippen LogP contribution in [0.1, 0.15) is 49.9 Å². The molecule has 9 heteroatoms. The molecule has 3 aliphatic rings. The van der Waals surface area contributed by atoms with E-state index < -0.39 is 0 Å². The molecule has 2 aromatic rings. The van der Waals surface area contributed by atoms with Crippen LogP contribution in [0.15, 0.2) is 29.6 Å². The van der Waals surface area contributed by atoms with Gasteiger partial charge in [0.15, 0.2) is 0 Å². The van der Waals surface area contributed by atoms with Crippen LogP contribution < -0.4 is 4.90 Å².